The van der Waals surface area contributed by atoms with Gasteiger partial charge in [-0.15, -0.1) is 0 Å². The highest BCUT2D eigenvalue weighted by molar-refractivity contribution is 9.11. The summed E-state index contributed by atoms with van der Waals surface area (Å²) in [5.41, 5.74) is 1.41. The molecule has 1 saturated heterocycles. The molecular formula is C22H33BrN2O3. The Hall–Kier alpha value is -0.560. The summed E-state index contributed by atoms with van der Waals surface area (Å²) in [7, 11) is 1.73. The van der Waals surface area contributed by atoms with Crippen molar-refractivity contribution >= 4 is 15.9 Å². The molecule has 5 rings (SSSR count). The number of nitrogens with zero attached hydrogens (tertiary/aromatic N) is 2. The van der Waals surface area contributed by atoms with Gasteiger partial charge in [-0.2, -0.15) is 0 Å². The van der Waals surface area contributed by atoms with E-state index in [1.165, 1.54) is 55.4 Å². The maximum atomic E-state index is 10.5. The number of hydrogen-bond donors (Lipinski definition) is 1. The number of rotatable bonds is 4. The molecule has 1 spiro atoms. The van der Waals surface area contributed by atoms with Crippen molar-refractivity contribution in [3.8, 4) is 0 Å². The lowest BCUT2D eigenvalue weighted by Crippen LogP contribution is -2.43. The Kier molecular flexibility index (Phi) is 5.27. The van der Waals surface area contributed by atoms with Crippen LogP contribution in [0.5, 0.6) is 0 Å². The van der Waals surface area contributed by atoms with Crippen LogP contribution in [0.15, 0.2) is 22.0 Å². The van der Waals surface area contributed by atoms with Crippen LogP contribution in [0.2, 0.25) is 0 Å². The molecule has 2 aliphatic carbocycles. The molecule has 1 N–H and O–H groups in total. The summed E-state index contributed by atoms with van der Waals surface area (Å²) in [4.78, 5) is 8.27. The van der Waals surface area contributed by atoms with E-state index < -0.39 is 0 Å². The first-order valence-electron chi connectivity index (χ1n) is 11.1. The number of ether oxygens (including phenoxy) is 1. The zero-order valence-corrected chi connectivity index (χ0v) is 18.5. The average molecular weight is 453 g/mol. The molecule has 5 atom stereocenters. The normalized spacial score (nSPS) is 40.7. The molecule has 3 aliphatic heterocycles. The van der Waals surface area contributed by atoms with Gasteiger partial charge >= 0.3 is 0 Å². The van der Waals surface area contributed by atoms with E-state index in [1.54, 1.807) is 7.11 Å². The lowest BCUT2D eigenvalue weighted by Gasteiger charge is -2.44. The molecule has 1 saturated carbocycles. The van der Waals surface area contributed by atoms with Crippen molar-refractivity contribution in [3.63, 3.8) is 0 Å². The maximum Gasteiger partial charge on any atom is 0.112 e. The molecule has 5 nitrogen and oxygen atoms in total. The van der Waals surface area contributed by atoms with E-state index in [-0.39, 0.29) is 17.6 Å². The molecule has 0 amide bonds. The van der Waals surface area contributed by atoms with Gasteiger partial charge in [0.05, 0.1) is 30.9 Å². The quantitative estimate of drug-likeness (QED) is 0.702. The predicted molar refractivity (Wildman–Crippen MR) is 111 cm³/mol. The highest BCUT2D eigenvalue weighted by atomic mass is 79.9. The van der Waals surface area contributed by atoms with E-state index in [0.717, 1.165) is 37.5 Å². The minimum atomic E-state index is -0.303. The van der Waals surface area contributed by atoms with Crippen LogP contribution in [-0.4, -0.2) is 60.6 Å². The van der Waals surface area contributed by atoms with Gasteiger partial charge in [0.25, 0.3) is 0 Å². The van der Waals surface area contributed by atoms with Gasteiger partial charge in [-0.1, -0.05) is 15.9 Å². The minimum Gasteiger partial charge on any atom is -0.493 e. The predicted octanol–water partition coefficient (Wildman–Crippen LogP) is 3.80. The molecule has 6 heteroatoms. The zero-order chi connectivity index (χ0) is 19.3. The Labute approximate surface area is 176 Å². The molecular weight excluding hydrogens is 420 g/mol. The SMILES string of the molecule is CON1C=C(Br)C23CC(CCN4CCCC4)CCC2OC2=C3C(C[C@@H](O)C2)C1. The van der Waals surface area contributed by atoms with E-state index in [1.807, 2.05) is 5.06 Å². The molecule has 28 heavy (non-hydrogen) atoms. The second-order valence-corrected chi connectivity index (χ2v) is 10.3. The third-order valence-corrected chi connectivity index (χ3v) is 8.73. The van der Waals surface area contributed by atoms with Gasteiger partial charge in [0.2, 0.25) is 0 Å². The van der Waals surface area contributed by atoms with Crippen molar-refractivity contribution in [1.82, 2.24) is 9.96 Å². The van der Waals surface area contributed by atoms with E-state index in [2.05, 4.69) is 27.0 Å². The number of hydrogen-bond acceptors (Lipinski definition) is 5. The van der Waals surface area contributed by atoms with Gasteiger partial charge in [-0.25, -0.2) is 0 Å². The van der Waals surface area contributed by atoms with Crippen molar-refractivity contribution < 1.29 is 14.7 Å². The molecule has 156 valence electrons. The lowest BCUT2D eigenvalue weighted by atomic mass is 9.60. The summed E-state index contributed by atoms with van der Waals surface area (Å²) in [6.07, 6.45) is 11.1. The summed E-state index contributed by atoms with van der Waals surface area (Å²) in [5.74, 6) is 2.11. The van der Waals surface area contributed by atoms with Gasteiger partial charge in [-0.05, 0) is 76.1 Å². The molecule has 0 bridgehead atoms. The molecule has 3 heterocycles. The summed E-state index contributed by atoms with van der Waals surface area (Å²) in [6.45, 7) is 4.60. The van der Waals surface area contributed by atoms with Gasteiger partial charge in [0.1, 0.15) is 6.10 Å². The highest BCUT2D eigenvalue weighted by Gasteiger charge is 2.59. The first-order valence-corrected chi connectivity index (χ1v) is 11.9. The molecule has 4 unspecified atom stereocenters. The van der Waals surface area contributed by atoms with Crippen LogP contribution in [0.25, 0.3) is 0 Å². The average Bonchev–Trinajstić information content (AvgIpc) is 3.28. The van der Waals surface area contributed by atoms with Crippen LogP contribution < -0.4 is 0 Å². The Bertz CT molecular complexity index is 675. The summed E-state index contributed by atoms with van der Waals surface area (Å²) in [6, 6.07) is 0. The molecule has 0 radical (unpaired) electrons. The Morgan fingerprint density at radius 2 is 2.14 bits per heavy atom. The molecule has 5 aliphatic rings. The van der Waals surface area contributed by atoms with Crippen LogP contribution in [0.4, 0.5) is 0 Å². The molecule has 0 aromatic rings. The van der Waals surface area contributed by atoms with Crippen LogP contribution in [0.3, 0.4) is 0 Å². The Balaban J connectivity index is 1.45. The molecule has 0 aromatic carbocycles. The number of aliphatic hydroxyl groups excluding tert-OH is 1. The second-order valence-electron chi connectivity index (χ2n) is 9.45. The van der Waals surface area contributed by atoms with Crippen LogP contribution in [0, 0.1) is 17.3 Å². The van der Waals surface area contributed by atoms with Gasteiger partial charge in [0, 0.05) is 23.0 Å². The zero-order valence-electron chi connectivity index (χ0n) is 16.9. The standard InChI is InChI=1S/C22H33BrN2O3/c1-27-25-13-16-10-17(26)11-18-21(16)22(19(23)14-25)12-15(4-5-20(22)28-18)6-9-24-7-2-3-8-24/h14-17,20,26H,2-13H2,1H3/t15?,16?,17-,20?,22?/m1/s1. The summed E-state index contributed by atoms with van der Waals surface area (Å²) in [5, 5.41) is 12.4. The largest absolute Gasteiger partial charge is 0.493 e. The number of aliphatic hydroxyl groups is 1. The topological polar surface area (TPSA) is 45.2 Å². The number of likely N-dealkylation sites (tertiary alicyclic amines) is 1. The summed E-state index contributed by atoms with van der Waals surface area (Å²) < 4.78 is 7.75. The van der Waals surface area contributed by atoms with Crippen molar-refractivity contribution in [2.45, 2.75) is 63.6 Å². The first kappa shape index (κ1) is 19.4. The van der Waals surface area contributed by atoms with E-state index in [0.29, 0.717) is 12.3 Å². The fraction of sp³-hybridized carbons (Fsp3) is 0.818. The van der Waals surface area contributed by atoms with Crippen molar-refractivity contribution in [2.75, 3.05) is 33.3 Å². The first-order chi connectivity index (χ1) is 13.6. The van der Waals surface area contributed by atoms with Crippen LogP contribution in [-0.2, 0) is 9.57 Å². The smallest absolute Gasteiger partial charge is 0.112 e. The van der Waals surface area contributed by atoms with Crippen LogP contribution >= 0.6 is 15.9 Å². The van der Waals surface area contributed by atoms with Gasteiger partial charge < -0.3 is 14.7 Å². The van der Waals surface area contributed by atoms with Crippen molar-refractivity contribution in [1.29, 1.82) is 0 Å². The van der Waals surface area contributed by atoms with Gasteiger partial charge in [0.15, 0.2) is 0 Å². The minimum absolute atomic E-state index is 0.0542. The van der Waals surface area contributed by atoms with E-state index in [4.69, 9.17) is 9.57 Å². The van der Waals surface area contributed by atoms with E-state index >= 15 is 0 Å². The van der Waals surface area contributed by atoms with Crippen molar-refractivity contribution in [3.05, 3.63) is 22.0 Å². The maximum absolute atomic E-state index is 10.5. The Morgan fingerprint density at radius 1 is 1.32 bits per heavy atom. The summed E-state index contributed by atoms with van der Waals surface area (Å²) >= 11 is 3.98. The monoisotopic (exact) mass is 452 g/mol. The third-order valence-electron chi connectivity index (χ3n) is 7.82. The second kappa shape index (κ2) is 7.60. The fourth-order valence-electron chi connectivity index (χ4n) is 6.55. The van der Waals surface area contributed by atoms with Crippen molar-refractivity contribution in [2.24, 2.45) is 17.3 Å². The van der Waals surface area contributed by atoms with Gasteiger partial charge in [-0.3, -0.25) is 9.90 Å². The third kappa shape index (κ3) is 3.15. The number of halogens is 1. The highest BCUT2D eigenvalue weighted by Crippen LogP contribution is 2.63. The lowest BCUT2D eigenvalue weighted by molar-refractivity contribution is -0.0968. The fourth-order valence-corrected chi connectivity index (χ4v) is 7.40. The van der Waals surface area contributed by atoms with Crippen LogP contribution in [0.1, 0.15) is 51.4 Å². The molecule has 0 aromatic heterocycles. The molecule has 2 fully saturated rings. The van der Waals surface area contributed by atoms with E-state index in [9.17, 15) is 5.11 Å². The number of hydroxylamine groups is 2. The Morgan fingerprint density at radius 3 is 2.93 bits per heavy atom.